The molecule has 3 rings (SSSR count). The fraction of sp³-hybridized carbons (Fsp3) is 0.364. The number of rotatable bonds is 6. The summed E-state index contributed by atoms with van der Waals surface area (Å²) in [6.45, 7) is 0. The first-order chi connectivity index (χ1) is 13.0. The number of Topliss-reactive ketones (excluding diaryl/α,β-unsaturated/α-hetero) is 1. The average molecular weight is 369 g/mol. The summed E-state index contributed by atoms with van der Waals surface area (Å²) >= 11 is 0. The number of amides is 1. The van der Waals surface area contributed by atoms with Crippen molar-refractivity contribution >= 4 is 11.7 Å². The maximum Gasteiger partial charge on any atom is 0.251 e. The van der Waals surface area contributed by atoms with Crippen molar-refractivity contribution in [3.8, 4) is 5.75 Å². The van der Waals surface area contributed by atoms with Crippen LogP contribution in [0.3, 0.4) is 0 Å². The molecule has 0 unspecified atom stereocenters. The Bertz CT molecular complexity index is 828. The van der Waals surface area contributed by atoms with Crippen LogP contribution in [-0.4, -0.2) is 22.8 Å². The van der Waals surface area contributed by atoms with Gasteiger partial charge in [0.2, 0.25) is 0 Å². The standard InChI is InChI=1S/C22H24FNO3/c23-18-9-10-21(26)17(13-18)14-20(25)12-15-5-4-6-16(11-15)22(27)24-19-7-2-1-3-8-19/h4-6,9-11,13,19,26H,1-3,7-8,12,14H2,(H,24,27). The zero-order chi connectivity index (χ0) is 19.2. The number of phenols is 1. The van der Waals surface area contributed by atoms with E-state index in [-0.39, 0.29) is 41.9 Å². The van der Waals surface area contributed by atoms with Crippen molar-refractivity contribution in [3.05, 3.63) is 65.0 Å². The van der Waals surface area contributed by atoms with Gasteiger partial charge in [-0.2, -0.15) is 0 Å². The van der Waals surface area contributed by atoms with E-state index in [9.17, 15) is 19.1 Å². The number of benzene rings is 2. The van der Waals surface area contributed by atoms with Gasteiger partial charge in [-0.15, -0.1) is 0 Å². The molecule has 0 aromatic heterocycles. The molecule has 1 aliphatic rings. The van der Waals surface area contributed by atoms with Gasteiger partial charge in [0.25, 0.3) is 5.91 Å². The summed E-state index contributed by atoms with van der Waals surface area (Å²) in [4.78, 5) is 24.8. The van der Waals surface area contributed by atoms with Gasteiger partial charge < -0.3 is 10.4 Å². The molecule has 0 bridgehead atoms. The van der Waals surface area contributed by atoms with Crippen molar-refractivity contribution < 1.29 is 19.1 Å². The summed E-state index contributed by atoms with van der Waals surface area (Å²) in [5.74, 6) is -0.845. The second-order valence-electron chi connectivity index (χ2n) is 7.17. The third kappa shape index (κ3) is 5.39. The number of halogens is 1. The Hall–Kier alpha value is -2.69. The highest BCUT2D eigenvalue weighted by Gasteiger charge is 2.17. The van der Waals surface area contributed by atoms with Crippen LogP contribution in [0, 0.1) is 5.82 Å². The number of nitrogens with one attached hydrogen (secondary N) is 1. The Morgan fingerprint density at radius 1 is 1.04 bits per heavy atom. The molecule has 0 aliphatic heterocycles. The predicted molar refractivity (Wildman–Crippen MR) is 101 cm³/mol. The van der Waals surface area contributed by atoms with E-state index in [1.807, 2.05) is 0 Å². The predicted octanol–water partition coefficient (Wildman–Crippen LogP) is 3.95. The molecule has 0 radical (unpaired) electrons. The first-order valence-electron chi connectivity index (χ1n) is 9.40. The van der Waals surface area contributed by atoms with Crippen LogP contribution in [0.15, 0.2) is 42.5 Å². The van der Waals surface area contributed by atoms with Gasteiger partial charge in [-0.1, -0.05) is 31.4 Å². The smallest absolute Gasteiger partial charge is 0.251 e. The number of carbonyl (C=O) groups is 2. The van der Waals surface area contributed by atoms with Gasteiger partial charge in [0, 0.05) is 30.0 Å². The SMILES string of the molecule is O=C(Cc1cccc(C(=O)NC2CCCCC2)c1)Cc1cc(F)ccc1O. The minimum atomic E-state index is -0.489. The Kier molecular flexibility index (Phi) is 6.22. The molecule has 1 saturated carbocycles. The molecular weight excluding hydrogens is 345 g/mol. The minimum absolute atomic E-state index is 0.0535. The summed E-state index contributed by atoms with van der Waals surface area (Å²) in [5, 5.41) is 12.8. The topological polar surface area (TPSA) is 66.4 Å². The molecule has 1 fully saturated rings. The lowest BCUT2D eigenvalue weighted by molar-refractivity contribution is -0.117. The van der Waals surface area contributed by atoms with E-state index in [1.165, 1.54) is 18.6 Å². The minimum Gasteiger partial charge on any atom is -0.508 e. The summed E-state index contributed by atoms with van der Waals surface area (Å²) in [6, 6.07) is 10.8. The third-order valence-electron chi connectivity index (χ3n) is 4.96. The van der Waals surface area contributed by atoms with E-state index >= 15 is 0 Å². The van der Waals surface area contributed by atoms with Crippen LogP contribution in [0.2, 0.25) is 0 Å². The zero-order valence-electron chi connectivity index (χ0n) is 15.2. The van der Waals surface area contributed by atoms with Gasteiger partial charge in [0.15, 0.2) is 0 Å². The molecule has 2 aromatic rings. The number of ketones is 1. The molecule has 0 heterocycles. The second-order valence-corrected chi connectivity index (χ2v) is 7.17. The van der Waals surface area contributed by atoms with Crippen LogP contribution in [0.4, 0.5) is 4.39 Å². The fourth-order valence-electron chi connectivity index (χ4n) is 3.54. The van der Waals surface area contributed by atoms with Crippen LogP contribution in [0.25, 0.3) is 0 Å². The number of aromatic hydroxyl groups is 1. The molecule has 2 aromatic carbocycles. The molecule has 142 valence electrons. The van der Waals surface area contributed by atoms with Gasteiger partial charge in [-0.25, -0.2) is 4.39 Å². The largest absolute Gasteiger partial charge is 0.508 e. The number of carbonyl (C=O) groups excluding carboxylic acids is 2. The van der Waals surface area contributed by atoms with Gasteiger partial charge >= 0.3 is 0 Å². The highest BCUT2D eigenvalue weighted by Crippen LogP contribution is 2.20. The van der Waals surface area contributed by atoms with Crippen molar-refractivity contribution in [2.75, 3.05) is 0 Å². The second kappa shape index (κ2) is 8.80. The van der Waals surface area contributed by atoms with Crippen LogP contribution in [-0.2, 0) is 17.6 Å². The lowest BCUT2D eigenvalue weighted by Gasteiger charge is -2.22. The van der Waals surface area contributed by atoms with Crippen LogP contribution in [0.5, 0.6) is 5.75 Å². The number of hydrogen-bond donors (Lipinski definition) is 2. The van der Waals surface area contributed by atoms with E-state index in [2.05, 4.69) is 5.32 Å². The average Bonchev–Trinajstić information content (AvgIpc) is 2.65. The number of phenolic OH excluding ortho intramolecular Hbond substituents is 1. The highest BCUT2D eigenvalue weighted by molar-refractivity contribution is 5.95. The first kappa shape index (κ1) is 19.1. The molecule has 0 atom stereocenters. The van der Waals surface area contributed by atoms with Crippen molar-refractivity contribution in [1.82, 2.24) is 5.32 Å². The zero-order valence-corrected chi connectivity index (χ0v) is 15.2. The quantitative estimate of drug-likeness (QED) is 0.810. The molecular formula is C22H24FNO3. The maximum atomic E-state index is 13.3. The summed E-state index contributed by atoms with van der Waals surface area (Å²) < 4.78 is 13.3. The Morgan fingerprint density at radius 3 is 2.59 bits per heavy atom. The molecule has 5 heteroatoms. The molecule has 1 amide bonds. The molecule has 4 nitrogen and oxygen atoms in total. The summed E-state index contributed by atoms with van der Waals surface area (Å²) in [6.07, 6.45) is 5.62. The molecule has 0 spiro atoms. The van der Waals surface area contributed by atoms with Crippen LogP contribution in [0.1, 0.15) is 53.6 Å². The van der Waals surface area contributed by atoms with E-state index < -0.39 is 5.82 Å². The molecule has 2 N–H and O–H groups in total. The Labute approximate surface area is 158 Å². The Morgan fingerprint density at radius 2 is 1.81 bits per heavy atom. The van der Waals surface area contributed by atoms with Gasteiger partial charge in [-0.3, -0.25) is 9.59 Å². The van der Waals surface area contributed by atoms with E-state index in [4.69, 9.17) is 0 Å². The normalized spacial score (nSPS) is 14.7. The van der Waals surface area contributed by atoms with Crippen molar-refractivity contribution in [2.24, 2.45) is 0 Å². The summed E-state index contributed by atoms with van der Waals surface area (Å²) in [7, 11) is 0. The molecule has 1 aliphatic carbocycles. The first-order valence-corrected chi connectivity index (χ1v) is 9.40. The third-order valence-corrected chi connectivity index (χ3v) is 4.96. The van der Waals surface area contributed by atoms with E-state index in [0.717, 1.165) is 37.3 Å². The van der Waals surface area contributed by atoms with Gasteiger partial charge in [0.1, 0.15) is 17.3 Å². The monoisotopic (exact) mass is 369 g/mol. The van der Waals surface area contributed by atoms with Crippen molar-refractivity contribution in [3.63, 3.8) is 0 Å². The van der Waals surface area contributed by atoms with Gasteiger partial charge in [0.05, 0.1) is 0 Å². The van der Waals surface area contributed by atoms with Crippen molar-refractivity contribution in [2.45, 2.75) is 51.0 Å². The Balaban J connectivity index is 1.62. The molecule has 0 saturated heterocycles. The van der Waals surface area contributed by atoms with E-state index in [0.29, 0.717) is 5.56 Å². The lowest BCUT2D eigenvalue weighted by atomic mass is 9.95. The summed E-state index contributed by atoms with van der Waals surface area (Å²) in [5.41, 5.74) is 1.54. The number of hydrogen-bond acceptors (Lipinski definition) is 3. The van der Waals surface area contributed by atoms with Crippen molar-refractivity contribution in [1.29, 1.82) is 0 Å². The fourth-order valence-corrected chi connectivity index (χ4v) is 3.54. The van der Waals surface area contributed by atoms with Crippen LogP contribution >= 0.6 is 0 Å². The van der Waals surface area contributed by atoms with Crippen LogP contribution < -0.4 is 5.32 Å². The maximum absolute atomic E-state index is 13.3. The highest BCUT2D eigenvalue weighted by atomic mass is 19.1. The van der Waals surface area contributed by atoms with Gasteiger partial charge in [-0.05, 0) is 48.7 Å². The molecule has 27 heavy (non-hydrogen) atoms. The lowest BCUT2D eigenvalue weighted by Crippen LogP contribution is -2.36. The van der Waals surface area contributed by atoms with E-state index in [1.54, 1.807) is 24.3 Å².